The van der Waals surface area contributed by atoms with Crippen molar-refractivity contribution in [1.82, 2.24) is 5.32 Å². The molecule has 7 heteroatoms. The van der Waals surface area contributed by atoms with Crippen LogP contribution in [0.1, 0.15) is 12.5 Å². The van der Waals surface area contributed by atoms with E-state index in [2.05, 4.69) is 5.32 Å². The van der Waals surface area contributed by atoms with Crippen LogP contribution < -0.4 is 19.7 Å². The SMILES string of the molecule is CCOc1ccc2ccccc2c1C=C1C(=O)NC(=S)N(c2ccc(OC)cc2)C1=O. The van der Waals surface area contributed by atoms with Gasteiger partial charge in [-0.25, -0.2) is 0 Å². The van der Waals surface area contributed by atoms with Gasteiger partial charge in [0.1, 0.15) is 17.1 Å². The highest BCUT2D eigenvalue weighted by Crippen LogP contribution is 2.32. The minimum absolute atomic E-state index is 0.0262. The zero-order valence-corrected chi connectivity index (χ0v) is 17.9. The van der Waals surface area contributed by atoms with Crippen LogP contribution >= 0.6 is 12.2 Å². The molecular formula is C24H20N2O4S. The summed E-state index contributed by atoms with van der Waals surface area (Å²) in [5.41, 5.74) is 1.17. The molecule has 1 saturated heterocycles. The zero-order chi connectivity index (χ0) is 22.0. The van der Waals surface area contributed by atoms with Gasteiger partial charge in [-0.2, -0.15) is 0 Å². The number of hydrogen-bond acceptors (Lipinski definition) is 5. The predicted molar refractivity (Wildman–Crippen MR) is 124 cm³/mol. The number of nitrogens with zero attached hydrogens (tertiary/aromatic N) is 1. The molecule has 1 aliphatic rings. The molecule has 3 aromatic rings. The summed E-state index contributed by atoms with van der Waals surface area (Å²) < 4.78 is 10.9. The standard InChI is InChI=1S/C24H20N2O4S/c1-3-30-21-13-8-15-6-4-5-7-18(15)19(21)14-20-22(27)25-24(31)26(23(20)28)16-9-11-17(29-2)12-10-16/h4-14H,3H2,1-2H3,(H,25,27,31). The summed E-state index contributed by atoms with van der Waals surface area (Å²) in [5, 5.41) is 4.50. The molecule has 1 N–H and O–H groups in total. The molecule has 156 valence electrons. The molecular weight excluding hydrogens is 412 g/mol. The lowest BCUT2D eigenvalue weighted by molar-refractivity contribution is -0.122. The maximum absolute atomic E-state index is 13.3. The summed E-state index contributed by atoms with van der Waals surface area (Å²) >= 11 is 5.28. The van der Waals surface area contributed by atoms with Crippen LogP contribution in [0, 0.1) is 0 Å². The predicted octanol–water partition coefficient (Wildman–Crippen LogP) is 4.08. The van der Waals surface area contributed by atoms with Crippen LogP contribution in [0.2, 0.25) is 0 Å². The Hall–Kier alpha value is -3.71. The lowest BCUT2D eigenvalue weighted by atomic mass is 9.99. The third-order valence-corrected chi connectivity index (χ3v) is 5.24. The van der Waals surface area contributed by atoms with Crippen LogP contribution in [0.3, 0.4) is 0 Å². The number of anilines is 1. The van der Waals surface area contributed by atoms with E-state index in [4.69, 9.17) is 21.7 Å². The van der Waals surface area contributed by atoms with E-state index in [9.17, 15) is 9.59 Å². The summed E-state index contributed by atoms with van der Waals surface area (Å²) in [4.78, 5) is 27.4. The number of rotatable bonds is 5. The van der Waals surface area contributed by atoms with Gasteiger partial charge in [-0.15, -0.1) is 0 Å². The molecule has 1 aliphatic heterocycles. The Kier molecular flexibility index (Phi) is 5.68. The monoisotopic (exact) mass is 432 g/mol. The molecule has 1 heterocycles. The number of fused-ring (bicyclic) bond motifs is 1. The van der Waals surface area contributed by atoms with Crippen molar-refractivity contribution in [3.63, 3.8) is 0 Å². The lowest BCUT2D eigenvalue weighted by Gasteiger charge is -2.29. The van der Waals surface area contributed by atoms with Crippen LogP contribution in [-0.4, -0.2) is 30.6 Å². The minimum Gasteiger partial charge on any atom is -0.497 e. The molecule has 0 aliphatic carbocycles. The van der Waals surface area contributed by atoms with Crippen LogP contribution in [0.4, 0.5) is 5.69 Å². The number of amides is 2. The highest BCUT2D eigenvalue weighted by atomic mass is 32.1. The first-order valence-electron chi connectivity index (χ1n) is 9.73. The van der Waals surface area contributed by atoms with Crippen molar-refractivity contribution in [2.75, 3.05) is 18.6 Å². The maximum Gasteiger partial charge on any atom is 0.270 e. The van der Waals surface area contributed by atoms with Crippen LogP contribution in [0.5, 0.6) is 11.5 Å². The summed E-state index contributed by atoms with van der Waals surface area (Å²) in [6, 6.07) is 18.4. The Balaban J connectivity index is 1.83. The Bertz CT molecular complexity index is 1220. The first-order valence-corrected chi connectivity index (χ1v) is 10.1. The Morgan fingerprint density at radius 3 is 2.48 bits per heavy atom. The van der Waals surface area contributed by atoms with Gasteiger partial charge in [-0.05, 0) is 66.3 Å². The van der Waals surface area contributed by atoms with Crippen LogP contribution in [0.25, 0.3) is 16.8 Å². The number of ether oxygens (including phenoxy) is 2. The Morgan fingerprint density at radius 2 is 1.77 bits per heavy atom. The van der Waals surface area contributed by atoms with Crippen molar-refractivity contribution in [3.05, 3.63) is 71.8 Å². The average Bonchev–Trinajstić information content (AvgIpc) is 2.78. The van der Waals surface area contributed by atoms with Gasteiger partial charge in [0, 0.05) is 5.56 Å². The molecule has 31 heavy (non-hydrogen) atoms. The Labute approximate surface area is 185 Å². The first kappa shape index (κ1) is 20.6. The van der Waals surface area contributed by atoms with Crippen molar-refractivity contribution in [2.45, 2.75) is 6.92 Å². The number of nitrogens with one attached hydrogen (secondary N) is 1. The third-order valence-electron chi connectivity index (χ3n) is 4.95. The number of methoxy groups -OCH3 is 1. The molecule has 0 spiro atoms. The van der Waals surface area contributed by atoms with E-state index in [1.807, 2.05) is 43.3 Å². The molecule has 6 nitrogen and oxygen atoms in total. The van der Waals surface area contributed by atoms with Gasteiger partial charge >= 0.3 is 0 Å². The number of carbonyl (C=O) groups excluding carboxylic acids is 2. The van der Waals surface area contributed by atoms with Crippen LogP contribution in [-0.2, 0) is 9.59 Å². The van der Waals surface area contributed by atoms with Gasteiger partial charge in [0.2, 0.25) is 0 Å². The van der Waals surface area contributed by atoms with E-state index < -0.39 is 11.8 Å². The average molecular weight is 433 g/mol. The number of benzene rings is 3. The van der Waals surface area contributed by atoms with Gasteiger partial charge in [0.15, 0.2) is 5.11 Å². The highest BCUT2D eigenvalue weighted by molar-refractivity contribution is 7.80. The largest absolute Gasteiger partial charge is 0.497 e. The number of hydrogen-bond donors (Lipinski definition) is 1. The molecule has 0 atom stereocenters. The van der Waals surface area contributed by atoms with Gasteiger partial charge in [0.05, 0.1) is 19.4 Å². The maximum atomic E-state index is 13.3. The molecule has 2 amide bonds. The fourth-order valence-corrected chi connectivity index (χ4v) is 3.75. The van der Waals surface area contributed by atoms with E-state index in [1.165, 1.54) is 4.90 Å². The number of carbonyl (C=O) groups is 2. The molecule has 0 aromatic heterocycles. The van der Waals surface area contributed by atoms with Crippen molar-refractivity contribution in [2.24, 2.45) is 0 Å². The van der Waals surface area contributed by atoms with Gasteiger partial charge in [-0.1, -0.05) is 30.3 Å². The molecule has 3 aromatic carbocycles. The second kappa shape index (κ2) is 8.57. The van der Waals surface area contributed by atoms with E-state index in [-0.39, 0.29) is 10.7 Å². The number of thiocarbonyl (C=S) groups is 1. The molecule has 0 unspecified atom stereocenters. The minimum atomic E-state index is -0.546. The van der Waals surface area contributed by atoms with Gasteiger partial charge < -0.3 is 9.47 Å². The zero-order valence-electron chi connectivity index (χ0n) is 17.0. The second-order valence-electron chi connectivity index (χ2n) is 6.79. The van der Waals surface area contributed by atoms with Gasteiger partial charge in [0.25, 0.3) is 11.8 Å². The summed E-state index contributed by atoms with van der Waals surface area (Å²) in [5.74, 6) is 0.193. The summed E-state index contributed by atoms with van der Waals surface area (Å²) in [6.45, 7) is 2.34. The van der Waals surface area contributed by atoms with Crippen molar-refractivity contribution in [1.29, 1.82) is 0 Å². The normalized spacial score (nSPS) is 15.4. The lowest BCUT2D eigenvalue weighted by Crippen LogP contribution is -2.54. The smallest absolute Gasteiger partial charge is 0.270 e. The van der Waals surface area contributed by atoms with Crippen molar-refractivity contribution in [3.8, 4) is 11.5 Å². The van der Waals surface area contributed by atoms with Crippen LogP contribution in [0.15, 0.2) is 66.2 Å². The molecule has 4 rings (SSSR count). The Morgan fingerprint density at radius 1 is 1.03 bits per heavy atom. The molecule has 1 fully saturated rings. The summed E-state index contributed by atoms with van der Waals surface area (Å²) in [6.07, 6.45) is 1.57. The third kappa shape index (κ3) is 3.87. The first-order chi connectivity index (χ1) is 15.0. The topological polar surface area (TPSA) is 67.9 Å². The fraction of sp³-hybridized carbons (Fsp3) is 0.125. The fourth-order valence-electron chi connectivity index (χ4n) is 3.47. The second-order valence-corrected chi connectivity index (χ2v) is 7.17. The van der Waals surface area contributed by atoms with E-state index in [0.717, 1.165) is 10.8 Å². The van der Waals surface area contributed by atoms with Crippen molar-refractivity contribution >= 4 is 51.7 Å². The van der Waals surface area contributed by atoms with Gasteiger partial charge in [-0.3, -0.25) is 19.8 Å². The summed E-state index contributed by atoms with van der Waals surface area (Å²) in [7, 11) is 1.56. The van der Waals surface area contributed by atoms with Crippen molar-refractivity contribution < 1.29 is 19.1 Å². The molecule has 0 radical (unpaired) electrons. The molecule has 0 saturated carbocycles. The van der Waals surface area contributed by atoms with E-state index in [1.54, 1.807) is 37.5 Å². The van der Waals surface area contributed by atoms with E-state index >= 15 is 0 Å². The molecule has 0 bridgehead atoms. The van der Waals surface area contributed by atoms with E-state index in [0.29, 0.717) is 29.4 Å². The highest BCUT2D eigenvalue weighted by Gasteiger charge is 2.34. The quantitative estimate of drug-likeness (QED) is 0.374.